The van der Waals surface area contributed by atoms with Gasteiger partial charge in [0.25, 0.3) is 0 Å². The van der Waals surface area contributed by atoms with Gasteiger partial charge >= 0.3 is 0 Å². The van der Waals surface area contributed by atoms with Crippen molar-refractivity contribution in [1.82, 2.24) is 4.31 Å². The molecule has 0 aromatic heterocycles. The number of carbonyl (C=O) groups excluding carboxylic acids is 1. The van der Waals surface area contributed by atoms with E-state index in [1.165, 1.54) is 4.31 Å². The lowest BCUT2D eigenvalue weighted by molar-refractivity contribution is -0.116. The van der Waals surface area contributed by atoms with Gasteiger partial charge in [-0.25, -0.2) is 12.7 Å². The van der Waals surface area contributed by atoms with Crippen molar-refractivity contribution >= 4 is 21.6 Å². The highest BCUT2D eigenvalue weighted by molar-refractivity contribution is 7.89. The van der Waals surface area contributed by atoms with E-state index >= 15 is 0 Å². The Morgan fingerprint density at radius 1 is 1.32 bits per heavy atom. The Morgan fingerprint density at radius 3 is 2.64 bits per heavy atom. The van der Waals surface area contributed by atoms with Crippen LogP contribution in [0.3, 0.4) is 0 Å². The number of hydrogen-bond donors (Lipinski definition) is 2. The van der Waals surface area contributed by atoms with Gasteiger partial charge < -0.3 is 15.8 Å². The average Bonchev–Trinajstić information content (AvgIpc) is 2.83. The standard InChI is InChI=1S/C14H21N3O4S/c15-7-10-21-13-4-2-12(3-5-13)16-14(18)6-9-17-8-1-11-22(17,19)20/h2-5H,1,6-11,15H2,(H,16,18). The Labute approximate surface area is 130 Å². The number of hydrogen-bond acceptors (Lipinski definition) is 5. The molecule has 122 valence electrons. The monoisotopic (exact) mass is 327 g/mol. The van der Waals surface area contributed by atoms with Crippen LogP contribution < -0.4 is 15.8 Å². The van der Waals surface area contributed by atoms with Gasteiger partial charge in [-0.2, -0.15) is 0 Å². The number of ether oxygens (including phenoxy) is 1. The van der Waals surface area contributed by atoms with Crippen LogP contribution in [0, 0.1) is 0 Å². The molecule has 0 bridgehead atoms. The molecule has 22 heavy (non-hydrogen) atoms. The SMILES string of the molecule is NCCOc1ccc(NC(=O)CCN2CCCS2(=O)=O)cc1. The summed E-state index contributed by atoms with van der Waals surface area (Å²) >= 11 is 0. The van der Waals surface area contributed by atoms with Crippen molar-refractivity contribution in [2.24, 2.45) is 5.73 Å². The second-order valence-corrected chi connectivity index (χ2v) is 7.12. The number of nitrogens with two attached hydrogens (primary N) is 1. The van der Waals surface area contributed by atoms with E-state index < -0.39 is 10.0 Å². The van der Waals surface area contributed by atoms with Gasteiger partial charge in [0, 0.05) is 31.7 Å². The van der Waals surface area contributed by atoms with E-state index in [1.807, 2.05) is 0 Å². The van der Waals surface area contributed by atoms with E-state index in [-0.39, 0.29) is 24.6 Å². The number of nitrogens with zero attached hydrogens (tertiary/aromatic N) is 1. The van der Waals surface area contributed by atoms with Crippen LogP contribution in [0.1, 0.15) is 12.8 Å². The molecule has 0 aliphatic carbocycles. The third-order valence-corrected chi connectivity index (χ3v) is 5.27. The minimum Gasteiger partial charge on any atom is -0.492 e. The van der Waals surface area contributed by atoms with Crippen molar-refractivity contribution in [1.29, 1.82) is 0 Å². The van der Waals surface area contributed by atoms with Gasteiger partial charge in [0.2, 0.25) is 15.9 Å². The Bertz CT molecular complexity index is 601. The maximum absolute atomic E-state index is 11.9. The number of nitrogens with one attached hydrogen (secondary N) is 1. The number of amides is 1. The zero-order valence-corrected chi connectivity index (χ0v) is 13.1. The molecule has 1 fully saturated rings. The highest BCUT2D eigenvalue weighted by Gasteiger charge is 2.28. The molecule has 1 aromatic rings. The summed E-state index contributed by atoms with van der Waals surface area (Å²) in [5.41, 5.74) is 6.00. The summed E-state index contributed by atoms with van der Waals surface area (Å²) in [5.74, 6) is 0.656. The van der Waals surface area contributed by atoms with Gasteiger partial charge in [-0.3, -0.25) is 4.79 Å². The van der Waals surface area contributed by atoms with Crippen molar-refractivity contribution < 1.29 is 17.9 Å². The van der Waals surface area contributed by atoms with E-state index in [1.54, 1.807) is 24.3 Å². The maximum atomic E-state index is 11.9. The van der Waals surface area contributed by atoms with Crippen LogP contribution in [0.5, 0.6) is 5.75 Å². The summed E-state index contributed by atoms with van der Waals surface area (Å²) < 4.78 is 30.0. The van der Waals surface area contributed by atoms with Gasteiger partial charge in [0.15, 0.2) is 0 Å². The molecule has 2 rings (SSSR count). The van der Waals surface area contributed by atoms with Crippen molar-refractivity contribution in [3.8, 4) is 5.75 Å². The van der Waals surface area contributed by atoms with Crippen LogP contribution in [0.2, 0.25) is 0 Å². The summed E-state index contributed by atoms with van der Waals surface area (Å²) in [6, 6.07) is 6.96. The zero-order chi connectivity index (χ0) is 16.0. The maximum Gasteiger partial charge on any atom is 0.225 e. The molecule has 7 nitrogen and oxygen atoms in total. The third kappa shape index (κ3) is 4.69. The van der Waals surface area contributed by atoms with Gasteiger partial charge in [-0.05, 0) is 30.7 Å². The number of benzene rings is 1. The van der Waals surface area contributed by atoms with Crippen LogP contribution in [-0.4, -0.2) is 50.6 Å². The minimum atomic E-state index is -3.14. The zero-order valence-electron chi connectivity index (χ0n) is 12.3. The first kappa shape index (κ1) is 16.7. The number of rotatable bonds is 7. The summed E-state index contributed by atoms with van der Waals surface area (Å²) in [6.07, 6.45) is 0.777. The fraction of sp³-hybridized carbons (Fsp3) is 0.500. The molecule has 0 atom stereocenters. The van der Waals surface area contributed by atoms with Crippen molar-refractivity contribution in [3.63, 3.8) is 0 Å². The summed E-state index contributed by atoms with van der Waals surface area (Å²) in [7, 11) is -3.14. The molecular formula is C14H21N3O4S. The second kappa shape index (κ2) is 7.57. The van der Waals surface area contributed by atoms with Crippen molar-refractivity contribution in [2.45, 2.75) is 12.8 Å². The molecule has 1 aliphatic rings. The Kier molecular flexibility index (Phi) is 5.76. The fourth-order valence-electron chi connectivity index (χ4n) is 2.20. The Hall–Kier alpha value is -1.64. The molecular weight excluding hydrogens is 306 g/mol. The summed E-state index contributed by atoms with van der Waals surface area (Å²) in [4.78, 5) is 11.9. The van der Waals surface area contributed by atoms with Gasteiger partial charge in [0.05, 0.1) is 5.75 Å². The van der Waals surface area contributed by atoms with E-state index in [4.69, 9.17) is 10.5 Å². The molecule has 1 amide bonds. The number of anilines is 1. The lowest BCUT2D eigenvalue weighted by atomic mass is 10.3. The van der Waals surface area contributed by atoms with E-state index in [0.717, 1.165) is 0 Å². The summed E-state index contributed by atoms with van der Waals surface area (Å²) in [5, 5.41) is 2.74. The molecule has 0 unspecified atom stereocenters. The Balaban J connectivity index is 1.79. The molecule has 3 N–H and O–H groups in total. The molecule has 0 spiro atoms. The van der Waals surface area contributed by atoms with Gasteiger partial charge in [-0.1, -0.05) is 0 Å². The second-order valence-electron chi connectivity index (χ2n) is 5.03. The molecule has 0 saturated carbocycles. The van der Waals surface area contributed by atoms with E-state index in [0.29, 0.717) is 37.6 Å². The lowest BCUT2D eigenvalue weighted by Crippen LogP contribution is -2.29. The molecule has 8 heteroatoms. The normalized spacial score (nSPS) is 17.3. The number of sulfonamides is 1. The molecule has 1 aliphatic heterocycles. The van der Waals surface area contributed by atoms with Crippen LogP contribution in [0.4, 0.5) is 5.69 Å². The highest BCUT2D eigenvalue weighted by Crippen LogP contribution is 2.16. The quantitative estimate of drug-likeness (QED) is 0.754. The van der Waals surface area contributed by atoms with E-state index in [9.17, 15) is 13.2 Å². The van der Waals surface area contributed by atoms with Crippen molar-refractivity contribution in [3.05, 3.63) is 24.3 Å². The van der Waals surface area contributed by atoms with Crippen molar-refractivity contribution in [2.75, 3.05) is 37.3 Å². The minimum absolute atomic E-state index is 0.144. The first-order chi connectivity index (χ1) is 10.5. The smallest absolute Gasteiger partial charge is 0.225 e. The first-order valence-electron chi connectivity index (χ1n) is 7.22. The van der Waals surface area contributed by atoms with Gasteiger partial charge in [-0.15, -0.1) is 0 Å². The summed E-state index contributed by atoms with van der Waals surface area (Å²) in [6.45, 7) is 1.61. The van der Waals surface area contributed by atoms with E-state index in [2.05, 4.69) is 5.32 Å². The van der Waals surface area contributed by atoms with Crippen LogP contribution in [0.25, 0.3) is 0 Å². The predicted octanol–water partition coefficient (Wildman–Crippen LogP) is 0.388. The largest absolute Gasteiger partial charge is 0.492 e. The molecule has 0 radical (unpaired) electrons. The van der Waals surface area contributed by atoms with Crippen LogP contribution in [-0.2, 0) is 14.8 Å². The van der Waals surface area contributed by atoms with Crippen LogP contribution >= 0.6 is 0 Å². The molecule has 1 aromatic carbocycles. The first-order valence-corrected chi connectivity index (χ1v) is 8.83. The number of carbonyl (C=O) groups is 1. The Morgan fingerprint density at radius 2 is 2.05 bits per heavy atom. The predicted molar refractivity (Wildman–Crippen MR) is 84.2 cm³/mol. The topological polar surface area (TPSA) is 102 Å². The highest BCUT2D eigenvalue weighted by atomic mass is 32.2. The molecule has 1 heterocycles. The third-order valence-electron chi connectivity index (χ3n) is 3.32. The average molecular weight is 327 g/mol. The fourth-order valence-corrected chi connectivity index (χ4v) is 3.73. The van der Waals surface area contributed by atoms with Gasteiger partial charge in [0.1, 0.15) is 12.4 Å². The van der Waals surface area contributed by atoms with Crippen LogP contribution in [0.15, 0.2) is 24.3 Å². The molecule has 1 saturated heterocycles. The lowest BCUT2D eigenvalue weighted by Gasteiger charge is -2.13.